The van der Waals surface area contributed by atoms with Crippen LogP contribution in [0.3, 0.4) is 0 Å². The van der Waals surface area contributed by atoms with E-state index < -0.39 is 26.6 Å². The number of phosphoric ester groups is 1. The number of nitrogens with zero attached hydrogens (tertiary/aromatic N) is 1. The second-order valence-electron chi connectivity index (χ2n) is 12.5. The van der Waals surface area contributed by atoms with E-state index in [1.165, 1.54) is 64.2 Å². The van der Waals surface area contributed by atoms with Crippen LogP contribution in [0.15, 0.2) is 24.3 Å². The third kappa shape index (κ3) is 27.8. The van der Waals surface area contributed by atoms with E-state index in [9.17, 15) is 19.4 Å². The van der Waals surface area contributed by atoms with Crippen LogP contribution in [0.4, 0.5) is 0 Å². The van der Waals surface area contributed by atoms with Crippen LogP contribution in [0.25, 0.3) is 0 Å². The van der Waals surface area contributed by atoms with Gasteiger partial charge >= 0.3 is 0 Å². The first-order valence-electron chi connectivity index (χ1n) is 16.7. The van der Waals surface area contributed by atoms with Crippen molar-refractivity contribution >= 4 is 13.7 Å². The molecule has 0 radical (unpaired) electrons. The molecule has 0 aromatic carbocycles. The Kier molecular flexibility index (Phi) is 25.7. The number of nitrogens with one attached hydrogen (secondary N) is 1. The van der Waals surface area contributed by atoms with E-state index in [-0.39, 0.29) is 12.5 Å². The number of phosphoric acid groups is 1. The molecular formula is C33H65N2O6P. The number of rotatable bonds is 29. The highest BCUT2D eigenvalue weighted by Gasteiger charge is 2.23. The lowest BCUT2D eigenvalue weighted by Crippen LogP contribution is -2.45. The van der Waals surface area contributed by atoms with Gasteiger partial charge in [0.1, 0.15) is 13.2 Å². The predicted octanol–water partition coefficient (Wildman–Crippen LogP) is 7.21. The molecule has 0 rings (SSSR count). The van der Waals surface area contributed by atoms with Gasteiger partial charge in [0.25, 0.3) is 7.82 Å². The van der Waals surface area contributed by atoms with Crippen molar-refractivity contribution in [1.82, 2.24) is 5.32 Å². The number of hydrogen-bond acceptors (Lipinski definition) is 6. The number of unbranched alkanes of at least 4 members (excludes halogenated alkanes) is 14. The molecule has 9 heteroatoms. The monoisotopic (exact) mass is 616 g/mol. The number of likely N-dealkylation sites (N-methyl/N-ethyl adjacent to an activating group) is 1. The van der Waals surface area contributed by atoms with Gasteiger partial charge in [0.05, 0.1) is 39.9 Å². The topological polar surface area (TPSA) is 108 Å². The van der Waals surface area contributed by atoms with Crippen molar-refractivity contribution in [3.05, 3.63) is 24.3 Å². The van der Waals surface area contributed by atoms with E-state index in [0.717, 1.165) is 44.9 Å². The summed E-state index contributed by atoms with van der Waals surface area (Å²) in [5.41, 5.74) is 0. The van der Waals surface area contributed by atoms with Crippen LogP contribution >= 0.6 is 7.82 Å². The lowest BCUT2D eigenvalue weighted by atomic mass is 10.0. The molecule has 42 heavy (non-hydrogen) atoms. The Morgan fingerprint density at radius 3 is 1.88 bits per heavy atom. The van der Waals surface area contributed by atoms with Gasteiger partial charge in [0.15, 0.2) is 0 Å². The highest BCUT2D eigenvalue weighted by Crippen LogP contribution is 2.38. The number of hydrogen-bond donors (Lipinski definition) is 2. The van der Waals surface area contributed by atoms with Crippen LogP contribution in [0.5, 0.6) is 0 Å². The molecule has 2 N–H and O–H groups in total. The fourth-order valence-electron chi connectivity index (χ4n) is 4.41. The number of carbonyl (C=O) groups is 1. The van der Waals surface area contributed by atoms with Crippen molar-refractivity contribution in [2.75, 3.05) is 40.9 Å². The molecule has 0 heterocycles. The molecule has 0 aliphatic heterocycles. The molecule has 0 aromatic rings. The van der Waals surface area contributed by atoms with E-state index in [0.29, 0.717) is 17.4 Å². The molecule has 3 unspecified atom stereocenters. The summed E-state index contributed by atoms with van der Waals surface area (Å²) in [6, 6.07) is -0.893. The van der Waals surface area contributed by atoms with Crippen LogP contribution in [0.1, 0.15) is 129 Å². The third-order valence-corrected chi connectivity index (χ3v) is 8.11. The smallest absolute Gasteiger partial charge is 0.268 e. The van der Waals surface area contributed by atoms with Crippen molar-refractivity contribution in [3.8, 4) is 0 Å². The molecule has 1 amide bonds. The Bertz CT molecular complexity index is 753. The number of carbonyl (C=O) groups excluding carboxylic acids is 1. The quantitative estimate of drug-likeness (QED) is 0.0398. The molecule has 0 aromatic heterocycles. The van der Waals surface area contributed by atoms with E-state index >= 15 is 0 Å². The van der Waals surface area contributed by atoms with E-state index in [1.807, 2.05) is 27.2 Å². The Morgan fingerprint density at radius 1 is 0.810 bits per heavy atom. The van der Waals surface area contributed by atoms with E-state index in [4.69, 9.17) is 9.05 Å². The summed E-state index contributed by atoms with van der Waals surface area (Å²) in [7, 11) is 1.24. The van der Waals surface area contributed by atoms with Crippen molar-refractivity contribution in [3.63, 3.8) is 0 Å². The molecule has 0 aliphatic rings. The van der Waals surface area contributed by atoms with Crippen molar-refractivity contribution in [1.29, 1.82) is 0 Å². The summed E-state index contributed by atoms with van der Waals surface area (Å²) >= 11 is 0. The van der Waals surface area contributed by atoms with Crippen LogP contribution < -0.4 is 10.2 Å². The second kappa shape index (κ2) is 26.4. The van der Waals surface area contributed by atoms with Gasteiger partial charge in [-0.3, -0.25) is 9.36 Å². The molecule has 0 fully saturated rings. The lowest BCUT2D eigenvalue weighted by molar-refractivity contribution is -0.870. The fourth-order valence-corrected chi connectivity index (χ4v) is 5.13. The van der Waals surface area contributed by atoms with Crippen LogP contribution in [0, 0.1) is 0 Å². The van der Waals surface area contributed by atoms with Gasteiger partial charge in [-0.2, -0.15) is 0 Å². The number of aliphatic hydroxyl groups is 1. The molecule has 248 valence electrons. The first-order valence-corrected chi connectivity index (χ1v) is 18.2. The molecule has 0 spiro atoms. The standard InChI is InChI=1S/C33H65N2O6P/c1-6-8-10-12-14-15-16-17-18-19-21-23-25-27-33(37)34-31(32(36)26-24-22-20-13-11-9-7-2)30-41-42(38,39)40-29-28-35(3,4)5/h11,13,24,26,31-32,36H,6-10,12,14-23,25,27-30H2,1-5H3,(H-,34,37,38,39)/b13-11+,26-24+. The highest BCUT2D eigenvalue weighted by molar-refractivity contribution is 7.45. The van der Waals surface area contributed by atoms with Crippen LogP contribution in [0.2, 0.25) is 0 Å². The normalized spacial score (nSPS) is 15.3. The fraction of sp³-hybridized carbons (Fsp3) is 0.848. The highest BCUT2D eigenvalue weighted by atomic mass is 31.2. The molecule has 0 aliphatic carbocycles. The van der Waals surface area contributed by atoms with E-state index in [1.54, 1.807) is 6.08 Å². The van der Waals surface area contributed by atoms with Crippen LogP contribution in [-0.2, 0) is 18.4 Å². The average Bonchev–Trinajstić information content (AvgIpc) is 2.92. The minimum atomic E-state index is -4.57. The summed E-state index contributed by atoms with van der Waals surface area (Å²) < 4.78 is 22.9. The summed E-state index contributed by atoms with van der Waals surface area (Å²) in [6.07, 6.45) is 26.7. The number of allylic oxidation sites excluding steroid dienone is 3. The third-order valence-electron chi connectivity index (χ3n) is 7.15. The molecule has 0 bridgehead atoms. The van der Waals surface area contributed by atoms with Gasteiger partial charge in [-0.15, -0.1) is 0 Å². The molecule has 0 saturated carbocycles. The Morgan fingerprint density at radius 2 is 1.33 bits per heavy atom. The molecule has 0 saturated heterocycles. The van der Waals surface area contributed by atoms with Gasteiger partial charge in [0.2, 0.25) is 5.91 Å². The molecule has 3 atom stereocenters. The molecular weight excluding hydrogens is 551 g/mol. The van der Waals surface area contributed by atoms with Crippen molar-refractivity contribution in [2.24, 2.45) is 0 Å². The predicted molar refractivity (Wildman–Crippen MR) is 173 cm³/mol. The van der Waals surface area contributed by atoms with Gasteiger partial charge in [-0.1, -0.05) is 122 Å². The summed E-state index contributed by atoms with van der Waals surface area (Å²) in [6.45, 7) is 4.48. The van der Waals surface area contributed by atoms with Gasteiger partial charge in [-0.25, -0.2) is 0 Å². The maximum atomic E-state index is 12.7. The SMILES string of the molecule is CCC/C=C/CC/C=C/C(O)C(COP(=O)([O-])OCC[N+](C)(C)C)NC(=O)CCCCCCCCCCCCCCC. The summed E-state index contributed by atoms with van der Waals surface area (Å²) in [5.74, 6) is -0.215. The van der Waals surface area contributed by atoms with Gasteiger partial charge < -0.3 is 28.8 Å². The number of quaternary nitrogens is 1. The zero-order valence-corrected chi connectivity index (χ0v) is 28.6. The maximum absolute atomic E-state index is 12.7. The zero-order chi connectivity index (χ0) is 31.5. The largest absolute Gasteiger partial charge is 0.756 e. The number of amides is 1. The first-order chi connectivity index (χ1) is 20.0. The summed E-state index contributed by atoms with van der Waals surface area (Å²) in [4.78, 5) is 24.9. The Hall–Kier alpha value is -1.02. The first kappa shape index (κ1) is 41.0. The average molecular weight is 617 g/mol. The lowest BCUT2D eigenvalue weighted by Gasteiger charge is -2.29. The van der Waals surface area contributed by atoms with Gasteiger partial charge in [-0.05, 0) is 25.7 Å². The van der Waals surface area contributed by atoms with Crippen LogP contribution in [-0.4, -0.2) is 68.5 Å². The Balaban J connectivity index is 4.53. The van der Waals surface area contributed by atoms with Gasteiger partial charge in [0, 0.05) is 6.42 Å². The second-order valence-corrected chi connectivity index (χ2v) is 13.9. The summed E-state index contributed by atoms with van der Waals surface area (Å²) in [5, 5.41) is 13.5. The minimum Gasteiger partial charge on any atom is -0.756 e. The number of aliphatic hydroxyl groups excluding tert-OH is 1. The Labute approximate surface area is 258 Å². The molecule has 8 nitrogen and oxygen atoms in total. The zero-order valence-electron chi connectivity index (χ0n) is 27.7. The van der Waals surface area contributed by atoms with Crippen molar-refractivity contribution < 1.29 is 32.9 Å². The minimum absolute atomic E-state index is 0.00560. The van der Waals surface area contributed by atoms with E-state index in [2.05, 4.69) is 31.3 Å². The van der Waals surface area contributed by atoms with Crippen molar-refractivity contribution in [2.45, 2.75) is 142 Å². The maximum Gasteiger partial charge on any atom is 0.268 e.